The SMILES string of the molecule is COC(=O)c1ccc(C2c3c(oc4ccc(Br)cc4c3=O)C(=O)N2CCCN(C)C)cc1. The standard InChI is InChI=1S/C24H23BrN2O5/c1-26(2)11-4-12-27-20(14-5-7-15(8-6-14)24(30)31-3)19-21(28)17-13-16(25)9-10-18(17)32-22(19)23(27)29/h5-10,13,20H,4,11-12H2,1-3H3. The smallest absolute Gasteiger partial charge is 0.337 e. The Morgan fingerprint density at radius 2 is 1.88 bits per heavy atom. The average molecular weight is 499 g/mol. The zero-order valence-corrected chi connectivity index (χ0v) is 19.6. The summed E-state index contributed by atoms with van der Waals surface area (Å²) in [5.74, 6) is -0.669. The summed E-state index contributed by atoms with van der Waals surface area (Å²) in [5.41, 5.74) is 1.61. The summed E-state index contributed by atoms with van der Waals surface area (Å²) < 4.78 is 11.5. The van der Waals surface area contributed by atoms with Crippen molar-refractivity contribution in [2.24, 2.45) is 0 Å². The molecule has 0 radical (unpaired) electrons. The van der Waals surface area contributed by atoms with E-state index >= 15 is 0 Å². The van der Waals surface area contributed by atoms with Crippen LogP contribution in [0.5, 0.6) is 0 Å². The Balaban J connectivity index is 1.85. The summed E-state index contributed by atoms with van der Waals surface area (Å²) >= 11 is 3.40. The van der Waals surface area contributed by atoms with E-state index in [1.54, 1.807) is 47.4 Å². The molecule has 1 atom stereocenters. The summed E-state index contributed by atoms with van der Waals surface area (Å²) in [4.78, 5) is 42.4. The number of methoxy groups -OCH3 is 1. The van der Waals surface area contributed by atoms with Gasteiger partial charge in [0.05, 0.1) is 29.7 Å². The minimum Gasteiger partial charge on any atom is -0.465 e. The van der Waals surface area contributed by atoms with Crippen molar-refractivity contribution in [3.05, 3.63) is 79.6 Å². The monoisotopic (exact) mass is 498 g/mol. The maximum atomic E-state index is 13.5. The quantitative estimate of drug-likeness (QED) is 0.480. The lowest BCUT2D eigenvalue weighted by atomic mass is 9.97. The average Bonchev–Trinajstić information content (AvgIpc) is 3.06. The fraction of sp³-hybridized carbons (Fsp3) is 0.292. The van der Waals surface area contributed by atoms with Crippen LogP contribution in [0.15, 0.2) is 56.1 Å². The second-order valence-corrected chi connectivity index (χ2v) is 8.90. The summed E-state index contributed by atoms with van der Waals surface area (Å²) in [7, 11) is 5.27. The lowest BCUT2D eigenvalue weighted by Gasteiger charge is -2.25. The van der Waals surface area contributed by atoms with Gasteiger partial charge in [-0.05, 0) is 63.0 Å². The lowest BCUT2D eigenvalue weighted by molar-refractivity contribution is 0.0600. The Labute approximate surface area is 193 Å². The van der Waals surface area contributed by atoms with Crippen molar-refractivity contribution in [1.82, 2.24) is 9.80 Å². The molecule has 1 unspecified atom stereocenters. The number of carbonyl (C=O) groups is 2. The number of nitrogens with zero attached hydrogens (tertiary/aromatic N) is 2. The highest BCUT2D eigenvalue weighted by molar-refractivity contribution is 9.10. The normalized spacial score (nSPS) is 15.5. The van der Waals surface area contributed by atoms with Gasteiger partial charge in [-0.2, -0.15) is 0 Å². The number of hydrogen-bond donors (Lipinski definition) is 0. The molecule has 1 aliphatic heterocycles. The molecular weight excluding hydrogens is 476 g/mol. The Kier molecular flexibility index (Phi) is 6.17. The van der Waals surface area contributed by atoms with Gasteiger partial charge in [-0.25, -0.2) is 4.79 Å². The highest BCUT2D eigenvalue weighted by Gasteiger charge is 2.42. The van der Waals surface area contributed by atoms with Crippen LogP contribution in [0.3, 0.4) is 0 Å². The number of carbonyl (C=O) groups excluding carboxylic acids is 2. The van der Waals surface area contributed by atoms with Gasteiger partial charge in [0.15, 0.2) is 5.43 Å². The van der Waals surface area contributed by atoms with Crippen LogP contribution < -0.4 is 5.43 Å². The fourth-order valence-electron chi connectivity index (χ4n) is 4.05. The first-order chi connectivity index (χ1) is 15.3. The van der Waals surface area contributed by atoms with Crippen LogP contribution >= 0.6 is 15.9 Å². The molecule has 0 saturated carbocycles. The Hall–Kier alpha value is -2.97. The van der Waals surface area contributed by atoms with Gasteiger partial charge in [-0.15, -0.1) is 0 Å². The number of esters is 1. The summed E-state index contributed by atoms with van der Waals surface area (Å²) in [6.45, 7) is 1.26. The van der Waals surface area contributed by atoms with E-state index in [0.29, 0.717) is 28.6 Å². The van der Waals surface area contributed by atoms with Crippen molar-refractivity contribution in [3.63, 3.8) is 0 Å². The maximum absolute atomic E-state index is 13.5. The van der Waals surface area contributed by atoms with Gasteiger partial charge in [-0.3, -0.25) is 9.59 Å². The number of hydrogen-bond acceptors (Lipinski definition) is 6. The Morgan fingerprint density at radius 1 is 1.16 bits per heavy atom. The van der Waals surface area contributed by atoms with E-state index in [1.807, 2.05) is 19.0 Å². The number of rotatable bonds is 6. The van der Waals surface area contributed by atoms with E-state index in [4.69, 9.17) is 9.15 Å². The van der Waals surface area contributed by atoms with Gasteiger partial charge < -0.3 is 19.0 Å². The molecule has 0 bridgehead atoms. The van der Waals surface area contributed by atoms with E-state index in [-0.39, 0.29) is 17.1 Å². The molecule has 0 saturated heterocycles. The van der Waals surface area contributed by atoms with Crippen LogP contribution in [0.1, 0.15) is 44.5 Å². The van der Waals surface area contributed by atoms with Gasteiger partial charge in [0.1, 0.15) is 5.58 Å². The summed E-state index contributed by atoms with van der Waals surface area (Å²) in [6.07, 6.45) is 0.739. The Morgan fingerprint density at radius 3 is 2.53 bits per heavy atom. The van der Waals surface area contributed by atoms with Crippen LogP contribution in [0, 0.1) is 0 Å². The van der Waals surface area contributed by atoms with Crippen molar-refractivity contribution in [2.45, 2.75) is 12.5 Å². The third-order valence-electron chi connectivity index (χ3n) is 5.58. The lowest BCUT2D eigenvalue weighted by Crippen LogP contribution is -2.32. The van der Waals surface area contributed by atoms with E-state index < -0.39 is 12.0 Å². The molecule has 0 spiro atoms. The van der Waals surface area contributed by atoms with Crippen molar-refractivity contribution >= 4 is 38.8 Å². The minimum absolute atomic E-state index is 0.0803. The van der Waals surface area contributed by atoms with E-state index in [9.17, 15) is 14.4 Å². The van der Waals surface area contributed by atoms with Crippen LogP contribution in [-0.2, 0) is 4.74 Å². The zero-order chi connectivity index (χ0) is 23.0. The number of benzene rings is 2. The van der Waals surface area contributed by atoms with Crippen LogP contribution in [-0.4, -0.2) is 56.0 Å². The molecule has 166 valence electrons. The molecule has 2 heterocycles. The first kappa shape index (κ1) is 22.2. The molecule has 7 nitrogen and oxygen atoms in total. The number of halogens is 1. The Bertz CT molecular complexity index is 1250. The first-order valence-electron chi connectivity index (χ1n) is 10.2. The zero-order valence-electron chi connectivity index (χ0n) is 18.1. The second-order valence-electron chi connectivity index (χ2n) is 7.99. The van der Waals surface area contributed by atoms with Crippen LogP contribution in [0.4, 0.5) is 0 Å². The topological polar surface area (TPSA) is 80.1 Å². The van der Waals surface area contributed by atoms with Gasteiger partial charge in [0, 0.05) is 11.0 Å². The molecule has 32 heavy (non-hydrogen) atoms. The molecule has 0 aliphatic carbocycles. The van der Waals surface area contributed by atoms with Gasteiger partial charge in [-0.1, -0.05) is 28.1 Å². The maximum Gasteiger partial charge on any atom is 0.337 e. The number of fused-ring (bicyclic) bond motifs is 2. The first-order valence-corrected chi connectivity index (χ1v) is 11.0. The number of ether oxygens (including phenoxy) is 1. The van der Waals surface area contributed by atoms with Crippen LogP contribution in [0.2, 0.25) is 0 Å². The fourth-order valence-corrected chi connectivity index (χ4v) is 4.41. The minimum atomic E-state index is -0.592. The third kappa shape index (κ3) is 3.96. The van der Waals surface area contributed by atoms with Crippen molar-refractivity contribution in [2.75, 3.05) is 34.3 Å². The molecular formula is C24H23BrN2O5. The highest BCUT2D eigenvalue weighted by Crippen LogP contribution is 2.38. The van der Waals surface area contributed by atoms with Gasteiger partial charge >= 0.3 is 5.97 Å². The molecule has 1 aromatic heterocycles. The van der Waals surface area contributed by atoms with Gasteiger partial charge in [0.25, 0.3) is 5.91 Å². The molecule has 3 aromatic rings. The second kappa shape index (κ2) is 8.88. The molecule has 1 amide bonds. The third-order valence-corrected chi connectivity index (χ3v) is 6.07. The van der Waals surface area contributed by atoms with E-state index in [1.165, 1.54) is 7.11 Å². The molecule has 1 aliphatic rings. The molecule has 0 fully saturated rings. The summed E-state index contributed by atoms with van der Waals surface area (Å²) in [6, 6.07) is 11.4. The summed E-state index contributed by atoms with van der Waals surface area (Å²) in [5, 5.41) is 0.414. The molecule has 0 N–H and O–H groups in total. The molecule has 2 aromatic carbocycles. The highest BCUT2D eigenvalue weighted by atomic mass is 79.9. The van der Waals surface area contributed by atoms with Crippen molar-refractivity contribution < 1.29 is 18.7 Å². The number of amides is 1. The van der Waals surface area contributed by atoms with E-state index in [2.05, 4.69) is 15.9 Å². The predicted octanol–water partition coefficient (Wildman–Crippen LogP) is 3.84. The largest absolute Gasteiger partial charge is 0.465 e. The van der Waals surface area contributed by atoms with Gasteiger partial charge in [0.2, 0.25) is 5.76 Å². The van der Waals surface area contributed by atoms with Crippen LogP contribution in [0.25, 0.3) is 11.0 Å². The van der Waals surface area contributed by atoms with Crippen molar-refractivity contribution in [1.29, 1.82) is 0 Å². The predicted molar refractivity (Wildman–Crippen MR) is 124 cm³/mol. The van der Waals surface area contributed by atoms with Crippen molar-refractivity contribution in [3.8, 4) is 0 Å². The molecule has 4 rings (SSSR count). The molecule has 8 heteroatoms. The van der Waals surface area contributed by atoms with E-state index in [0.717, 1.165) is 23.0 Å².